The molecule has 1 aliphatic rings. The maximum atomic E-state index is 13.3. The SMILES string of the molecule is CC=C(NC(C)(C)C)C(=O)N1CCn2nc(-c3ccc(Cl)cc3)c(-c3ccncc3)c2C1. The average molecular weight is 450 g/mol. The molecule has 0 radical (unpaired) electrons. The van der Waals surface area contributed by atoms with Crippen LogP contribution in [-0.2, 0) is 17.9 Å². The van der Waals surface area contributed by atoms with E-state index in [9.17, 15) is 4.79 Å². The number of hydrogen-bond donors (Lipinski definition) is 1. The van der Waals surface area contributed by atoms with Crippen LogP contribution in [0.15, 0.2) is 60.6 Å². The lowest BCUT2D eigenvalue weighted by Gasteiger charge is -2.31. The van der Waals surface area contributed by atoms with Crippen molar-refractivity contribution in [2.75, 3.05) is 6.54 Å². The lowest BCUT2D eigenvalue weighted by molar-refractivity contribution is -0.129. The quantitative estimate of drug-likeness (QED) is 0.575. The van der Waals surface area contributed by atoms with Gasteiger partial charge in [-0.3, -0.25) is 14.5 Å². The van der Waals surface area contributed by atoms with Gasteiger partial charge < -0.3 is 10.2 Å². The van der Waals surface area contributed by atoms with Crippen molar-refractivity contribution >= 4 is 17.5 Å². The summed E-state index contributed by atoms with van der Waals surface area (Å²) in [5.41, 5.74) is 5.37. The third-order valence-electron chi connectivity index (χ3n) is 5.38. The summed E-state index contributed by atoms with van der Waals surface area (Å²) in [5, 5.41) is 8.95. The molecule has 7 heteroatoms. The first-order valence-electron chi connectivity index (χ1n) is 10.8. The van der Waals surface area contributed by atoms with E-state index in [4.69, 9.17) is 16.7 Å². The number of nitrogens with one attached hydrogen (secondary N) is 1. The lowest BCUT2D eigenvalue weighted by atomic mass is 9.99. The Bertz CT molecular complexity index is 1140. The van der Waals surface area contributed by atoms with Gasteiger partial charge in [0.05, 0.1) is 24.5 Å². The topological polar surface area (TPSA) is 63.1 Å². The van der Waals surface area contributed by atoms with Crippen LogP contribution in [0.2, 0.25) is 5.02 Å². The highest BCUT2D eigenvalue weighted by atomic mass is 35.5. The Morgan fingerprint density at radius 2 is 1.75 bits per heavy atom. The number of halogens is 1. The molecule has 0 aliphatic carbocycles. The van der Waals surface area contributed by atoms with Crippen LogP contribution in [0.4, 0.5) is 0 Å². The van der Waals surface area contributed by atoms with E-state index in [1.54, 1.807) is 12.4 Å². The highest BCUT2D eigenvalue weighted by Gasteiger charge is 2.30. The number of rotatable bonds is 4. The van der Waals surface area contributed by atoms with E-state index in [1.807, 2.05) is 59.0 Å². The first-order valence-corrected chi connectivity index (χ1v) is 11.1. The molecule has 0 fully saturated rings. The molecule has 0 atom stereocenters. The van der Waals surface area contributed by atoms with Crippen LogP contribution in [0.5, 0.6) is 0 Å². The number of allylic oxidation sites excluding steroid dienone is 1. The molecule has 0 saturated heterocycles. The summed E-state index contributed by atoms with van der Waals surface area (Å²) in [6.07, 6.45) is 5.41. The van der Waals surface area contributed by atoms with Gasteiger partial charge in [-0.2, -0.15) is 5.10 Å². The van der Waals surface area contributed by atoms with Crippen LogP contribution in [0.25, 0.3) is 22.4 Å². The number of benzene rings is 1. The second-order valence-corrected chi connectivity index (χ2v) is 9.38. The summed E-state index contributed by atoms with van der Waals surface area (Å²) >= 11 is 6.11. The predicted molar refractivity (Wildman–Crippen MR) is 128 cm³/mol. The van der Waals surface area contributed by atoms with Gasteiger partial charge in [-0.25, -0.2) is 0 Å². The van der Waals surface area contributed by atoms with Crippen molar-refractivity contribution in [3.8, 4) is 22.4 Å². The van der Waals surface area contributed by atoms with E-state index in [0.717, 1.165) is 28.1 Å². The van der Waals surface area contributed by atoms with Gasteiger partial charge in [-0.05, 0) is 57.5 Å². The summed E-state index contributed by atoms with van der Waals surface area (Å²) in [4.78, 5) is 19.4. The molecule has 1 N–H and O–H groups in total. The number of amides is 1. The minimum absolute atomic E-state index is 0.00333. The number of fused-ring (bicyclic) bond motifs is 1. The Hall–Kier alpha value is -3.12. The second-order valence-electron chi connectivity index (χ2n) is 8.94. The van der Waals surface area contributed by atoms with Crippen LogP contribution in [0.3, 0.4) is 0 Å². The number of aromatic nitrogens is 3. The van der Waals surface area contributed by atoms with Gasteiger partial charge >= 0.3 is 0 Å². The fraction of sp³-hybridized carbons (Fsp3) is 0.320. The molecule has 0 saturated carbocycles. The van der Waals surface area contributed by atoms with Crippen molar-refractivity contribution in [2.45, 2.75) is 46.3 Å². The number of hydrogen-bond acceptors (Lipinski definition) is 4. The molecule has 0 unspecified atom stereocenters. The standard InChI is InChI=1S/C25H28ClN5O/c1-5-20(28-25(2,3)4)24(32)30-14-15-31-21(16-30)22(17-10-12-27-13-11-17)23(29-31)18-6-8-19(26)9-7-18/h5-13,28H,14-16H2,1-4H3. The molecule has 1 aliphatic heterocycles. The first kappa shape index (κ1) is 22.1. The monoisotopic (exact) mass is 449 g/mol. The summed E-state index contributed by atoms with van der Waals surface area (Å²) in [5.74, 6) is 0.00333. The minimum Gasteiger partial charge on any atom is -0.376 e. The van der Waals surface area contributed by atoms with Crippen molar-refractivity contribution in [3.63, 3.8) is 0 Å². The van der Waals surface area contributed by atoms with Crippen LogP contribution in [-0.4, -0.2) is 37.7 Å². The Labute approximate surface area is 193 Å². The van der Waals surface area contributed by atoms with Crippen LogP contribution in [0, 0.1) is 0 Å². The summed E-state index contributed by atoms with van der Waals surface area (Å²) in [6.45, 7) is 9.77. The first-order chi connectivity index (χ1) is 15.3. The van der Waals surface area contributed by atoms with Gasteiger partial charge in [-0.1, -0.05) is 29.8 Å². The predicted octanol–water partition coefficient (Wildman–Crippen LogP) is 4.90. The Balaban J connectivity index is 1.74. The highest BCUT2D eigenvalue weighted by Crippen LogP contribution is 2.36. The maximum Gasteiger partial charge on any atom is 0.270 e. The van der Waals surface area contributed by atoms with E-state index >= 15 is 0 Å². The van der Waals surface area contributed by atoms with Gasteiger partial charge in [0.15, 0.2) is 0 Å². The molecule has 0 spiro atoms. The number of pyridine rings is 1. The average Bonchev–Trinajstić information content (AvgIpc) is 3.16. The molecule has 4 rings (SSSR count). The Morgan fingerprint density at radius 3 is 2.38 bits per heavy atom. The van der Waals surface area contributed by atoms with Gasteiger partial charge in [0.1, 0.15) is 5.69 Å². The molecule has 3 aromatic rings. The van der Waals surface area contributed by atoms with Crippen LogP contribution < -0.4 is 5.32 Å². The number of carbonyl (C=O) groups is 1. The van der Waals surface area contributed by atoms with Gasteiger partial charge in [0, 0.05) is 40.6 Å². The second kappa shape index (κ2) is 8.79. The van der Waals surface area contributed by atoms with Gasteiger partial charge in [0.25, 0.3) is 5.91 Å². The summed E-state index contributed by atoms with van der Waals surface area (Å²) < 4.78 is 2.02. The molecule has 3 heterocycles. The van der Waals surface area contributed by atoms with Crippen LogP contribution in [0.1, 0.15) is 33.4 Å². The number of nitrogens with zero attached hydrogens (tertiary/aromatic N) is 4. The third-order valence-corrected chi connectivity index (χ3v) is 5.63. The fourth-order valence-electron chi connectivity index (χ4n) is 3.95. The summed E-state index contributed by atoms with van der Waals surface area (Å²) in [6, 6.07) is 11.7. The Morgan fingerprint density at radius 1 is 1.06 bits per heavy atom. The smallest absolute Gasteiger partial charge is 0.270 e. The van der Waals surface area contributed by atoms with Crippen molar-refractivity contribution in [1.29, 1.82) is 0 Å². The molecule has 166 valence electrons. The highest BCUT2D eigenvalue weighted by molar-refractivity contribution is 6.30. The summed E-state index contributed by atoms with van der Waals surface area (Å²) in [7, 11) is 0. The molecule has 2 aromatic heterocycles. The zero-order chi connectivity index (χ0) is 22.9. The van der Waals surface area contributed by atoms with Crippen LogP contribution >= 0.6 is 11.6 Å². The molecular weight excluding hydrogens is 422 g/mol. The van der Waals surface area contributed by atoms with Gasteiger partial charge in [0.2, 0.25) is 0 Å². The third kappa shape index (κ3) is 4.55. The molecule has 1 amide bonds. The molecule has 32 heavy (non-hydrogen) atoms. The van der Waals surface area contributed by atoms with E-state index in [0.29, 0.717) is 30.4 Å². The van der Waals surface area contributed by atoms with E-state index < -0.39 is 0 Å². The normalized spacial score (nSPS) is 14.3. The lowest BCUT2D eigenvalue weighted by Crippen LogP contribution is -2.45. The van der Waals surface area contributed by atoms with Crippen molar-refractivity contribution < 1.29 is 4.79 Å². The van der Waals surface area contributed by atoms with E-state index in [2.05, 4.69) is 31.1 Å². The minimum atomic E-state index is -0.195. The molecular formula is C25H28ClN5O. The maximum absolute atomic E-state index is 13.3. The number of carbonyl (C=O) groups excluding carboxylic acids is 1. The van der Waals surface area contributed by atoms with Gasteiger partial charge in [-0.15, -0.1) is 0 Å². The largest absolute Gasteiger partial charge is 0.376 e. The zero-order valence-electron chi connectivity index (χ0n) is 18.9. The zero-order valence-corrected chi connectivity index (χ0v) is 19.6. The fourth-order valence-corrected chi connectivity index (χ4v) is 4.07. The van der Waals surface area contributed by atoms with Crippen molar-refractivity contribution in [3.05, 3.63) is 71.3 Å². The molecule has 0 bridgehead atoms. The van der Waals surface area contributed by atoms with Crippen molar-refractivity contribution in [1.82, 2.24) is 25.0 Å². The molecule has 6 nitrogen and oxygen atoms in total. The molecule has 1 aromatic carbocycles. The Kier molecular flexibility index (Phi) is 6.07. The van der Waals surface area contributed by atoms with E-state index in [-0.39, 0.29) is 11.4 Å². The van der Waals surface area contributed by atoms with E-state index in [1.165, 1.54) is 0 Å². The van der Waals surface area contributed by atoms with Crippen molar-refractivity contribution in [2.24, 2.45) is 0 Å².